The molecule has 0 bridgehead atoms. The number of aliphatic carboxylic acids is 1. The number of hydrogen-bond donors (Lipinski definition) is 1. The normalized spacial score (nSPS) is 17.9. The molecule has 2 fully saturated rings. The Morgan fingerprint density at radius 1 is 1.23 bits per heavy atom. The van der Waals surface area contributed by atoms with Crippen molar-refractivity contribution in [3.05, 3.63) is 40.6 Å². The summed E-state index contributed by atoms with van der Waals surface area (Å²) in [4.78, 5) is 22.2. The van der Waals surface area contributed by atoms with Gasteiger partial charge in [-0.25, -0.2) is 9.97 Å². The van der Waals surface area contributed by atoms with Gasteiger partial charge >= 0.3 is 5.97 Å². The monoisotopic (exact) mass is 489 g/mol. The molecule has 0 amide bonds. The van der Waals surface area contributed by atoms with Crippen molar-refractivity contribution in [2.24, 2.45) is 11.8 Å². The van der Waals surface area contributed by atoms with E-state index in [4.69, 9.17) is 9.47 Å². The van der Waals surface area contributed by atoms with Gasteiger partial charge in [-0.2, -0.15) is 0 Å². The van der Waals surface area contributed by atoms with Crippen LogP contribution >= 0.6 is 15.9 Å². The number of rotatable bonds is 9. The molecule has 2 aromatic rings. The van der Waals surface area contributed by atoms with Crippen molar-refractivity contribution in [3.63, 3.8) is 0 Å². The van der Waals surface area contributed by atoms with Crippen molar-refractivity contribution in [2.45, 2.75) is 38.0 Å². The maximum Gasteiger partial charge on any atom is 0.303 e. The van der Waals surface area contributed by atoms with Crippen LogP contribution in [0.4, 0.5) is 5.69 Å². The molecule has 31 heavy (non-hydrogen) atoms. The summed E-state index contributed by atoms with van der Waals surface area (Å²) >= 11 is 3.59. The predicted molar refractivity (Wildman–Crippen MR) is 121 cm³/mol. The van der Waals surface area contributed by atoms with Gasteiger partial charge in [0.15, 0.2) is 0 Å². The number of carbonyl (C=O) groups is 1. The first-order valence-corrected chi connectivity index (χ1v) is 11.6. The highest BCUT2D eigenvalue weighted by atomic mass is 79.9. The van der Waals surface area contributed by atoms with Gasteiger partial charge < -0.3 is 19.5 Å². The summed E-state index contributed by atoms with van der Waals surface area (Å²) < 4.78 is 12.3. The number of carboxylic acid groups (broad SMARTS) is 1. The minimum Gasteiger partial charge on any atom is -0.481 e. The van der Waals surface area contributed by atoms with E-state index in [1.165, 1.54) is 0 Å². The number of piperidine rings is 1. The van der Waals surface area contributed by atoms with Gasteiger partial charge in [-0.3, -0.25) is 4.79 Å². The van der Waals surface area contributed by atoms with E-state index >= 15 is 0 Å². The van der Waals surface area contributed by atoms with Crippen LogP contribution in [0.1, 0.15) is 43.6 Å². The fourth-order valence-electron chi connectivity index (χ4n) is 4.29. The number of methoxy groups -OCH3 is 1. The number of pyridine rings is 2. The van der Waals surface area contributed by atoms with Crippen molar-refractivity contribution in [2.75, 3.05) is 31.7 Å². The first kappa shape index (κ1) is 21.9. The van der Waals surface area contributed by atoms with E-state index in [0.29, 0.717) is 30.2 Å². The lowest BCUT2D eigenvalue weighted by Crippen LogP contribution is -2.35. The summed E-state index contributed by atoms with van der Waals surface area (Å²) in [6, 6.07) is 5.82. The van der Waals surface area contributed by atoms with Crippen LogP contribution < -0.4 is 14.4 Å². The number of halogens is 1. The number of anilines is 1. The quantitative estimate of drug-likeness (QED) is 0.554. The molecule has 0 unspecified atom stereocenters. The Labute approximate surface area is 190 Å². The summed E-state index contributed by atoms with van der Waals surface area (Å²) in [5, 5.41) is 9.25. The second-order valence-electron chi connectivity index (χ2n) is 8.39. The molecule has 0 spiro atoms. The molecule has 1 N–H and O–H groups in total. The van der Waals surface area contributed by atoms with E-state index in [1.54, 1.807) is 19.5 Å². The van der Waals surface area contributed by atoms with Crippen LogP contribution in [0.5, 0.6) is 11.8 Å². The Balaban J connectivity index is 1.31. The molecule has 8 heteroatoms. The highest BCUT2D eigenvalue weighted by Crippen LogP contribution is 2.44. The molecule has 1 aliphatic heterocycles. The minimum absolute atomic E-state index is 0.0573. The van der Waals surface area contributed by atoms with Crippen LogP contribution in [0.25, 0.3) is 0 Å². The van der Waals surface area contributed by atoms with Crippen LogP contribution in [-0.4, -0.2) is 47.8 Å². The average Bonchev–Trinajstić information content (AvgIpc) is 3.62. The van der Waals surface area contributed by atoms with E-state index in [-0.39, 0.29) is 12.3 Å². The number of nitrogens with zero attached hydrogens (tertiary/aromatic N) is 3. The topological polar surface area (TPSA) is 84.8 Å². The zero-order chi connectivity index (χ0) is 21.8. The Morgan fingerprint density at radius 3 is 2.68 bits per heavy atom. The molecule has 7 nitrogen and oxygen atoms in total. The smallest absolute Gasteiger partial charge is 0.303 e. The fraction of sp³-hybridized carbons (Fsp3) is 0.522. The van der Waals surface area contributed by atoms with Crippen molar-refractivity contribution in [1.82, 2.24) is 9.97 Å². The van der Waals surface area contributed by atoms with Crippen molar-refractivity contribution in [1.29, 1.82) is 0 Å². The maximum absolute atomic E-state index is 11.3. The third-order valence-electron chi connectivity index (χ3n) is 6.21. The molecule has 1 aliphatic carbocycles. The number of carboxylic acids is 1. The van der Waals surface area contributed by atoms with Crippen molar-refractivity contribution < 1.29 is 19.4 Å². The van der Waals surface area contributed by atoms with Gasteiger partial charge in [-0.15, -0.1) is 0 Å². The van der Waals surface area contributed by atoms with Gasteiger partial charge in [0.05, 0.1) is 30.3 Å². The minimum atomic E-state index is -0.749. The Morgan fingerprint density at radius 2 is 2.00 bits per heavy atom. The van der Waals surface area contributed by atoms with Gasteiger partial charge in [-0.05, 0) is 71.0 Å². The molecule has 2 aliphatic rings. The lowest BCUT2D eigenvalue weighted by Gasteiger charge is -2.34. The molecule has 1 saturated heterocycles. The molecule has 4 rings (SSSR count). The largest absolute Gasteiger partial charge is 0.481 e. The van der Waals surface area contributed by atoms with Gasteiger partial charge in [0.1, 0.15) is 0 Å². The second-order valence-corrected chi connectivity index (χ2v) is 9.24. The standard InChI is InChI=1S/C23H28BrN3O4/c1-30-21-12-20(19(24)13-26-21)27-8-5-15(6-9-27)14-31-22-10-17(4-7-25-22)18(11-23(28)29)16-2-3-16/h4,7,10,12-13,15-16,18H,2-3,5-6,8-9,11,14H2,1H3,(H,28,29)/t18-/m0/s1. The first-order chi connectivity index (χ1) is 15.0. The zero-order valence-electron chi connectivity index (χ0n) is 17.7. The zero-order valence-corrected chi connectivity index (χ0v) is 19.3. The molecule has 0 radical (unpaired) electrons. The second kappa shape index (κ2) is 9.85. The highest BCUT2D eigenvalue weighted by molar-refractivity contribution is 9.10. The number of aromatic nitrogens is 2. The SMILES string of the molecule is COc1cc(N2CCC(COc3cc([C@@H](CC(=O)O)C4CC4)ccn3)CC2)c(Br)cn1. The van der Waals surface area contributed by atoms with Gasteiger partial charge in [0.25, 0.3) is 0 Å². The third-order valence-corrected chi connectivity index (χ3v) is 6.82. The molecule has 0 aromatic carbocycles. The molecule has 3 heterocycles. The van der Waals surface area contributed by atoms with Gasteiger partial charge in [0, 0.05) is 37.6 Å². The van der Waals surface area contributed by atoms with Crippen LogP contribution in [0.3, 0.4) is 0 Å². The van der Waals surface area contributed by atoms with E-state index in [2.05, 4.69) is 30.8 Å². The van der Waals surface area contributed by atoms with E-state index < -0.39 is 5.97 Å². The van der Waals surface area contributed by atoms with Crippen LogP contribution in [-0.2, 0) is 4.79 Å². The Kier molecular flexibility index (Phi) is 6.95. The molecule has 1 atom stereocenters. The van der Waals surface area contributed by atoms with Crippen molar-refractivity contribution >= 4 is 27.6 Å². The van der Waals surface area contributed by atoms with Gasteiger partial charge in [-0.1, -0.05) is 0 Å². The van der Waals surface area contributed by atoms with Crippen LogP contribution in [0.15, 0.2) is 35.1 Å². The highest BCUT2D eigenvalue weighted by Gasteiger charge is 2.34. The Bertz CT molecular complexity index is 913. The summed E-state index contributed by atoms with van der Waals surface area (Å²) in [5.41, 5.74) is 2.13. The van der Waals surface area contributed by atoms with E-state index in [0.717, 1.165) is 54.5 Å². The summed E-state index contributed by atoms with van der Waals surface area (Å²) in [7, 11) is 1.63. The number of hydrogen-bond acceptors (Lipinski definition) is 6. The average molecular weight is 490 g/mol. The van der Waals surface area contributed by atoms with Crippen LogP contribution in [0, 0.1) is 11.8 Å². The van der Waals surface area contributed by atoms with Gasteiger partial charge in [0.2, 0.25) is 11.8 Å². The van der Waals surface area contributed by atoms with E-state index in [1.807, 2.05) is 18.2 Å². The summed E-state index contributed by atoms with van der Waals surface area (Å²) in [5.74, 6) is 1.45. The Hall–Kier alpha value is -2.35. The molecule has 166 valence electrons. The maximum atomic E-state index is 11.3. The molecular weight excluding hydrogens is 462 g/mol. The lowest BCUT2D eigenvalue weighted by molar-refractivity contribution is -0.137. The molecule has 1 saturated carbocycles. The number of ether oxygens (including phenoxy) is 2. The lowest BCUT2D eigenvalue weighted by atomic mass is 9.92. The van der Waals surface area contributed by atoms with Crippen molar-refractivity contribution in [3.8, 4) is 11.8 Å². The van der Waals surface area contributed by atoms with E-state index in [9.17, 15) is 9.90 Å². The fourth-order valence-corrected chi connectivity index (χ4v) is 4.75. The third kappa shape index (κ3) is 5.67. The molecule has 2 aromatic heterocycles. The first-order valence-electron chi connectivity index (χ1n) is 10.8. The molecular formula is C23H28BrN3O4. The predicted octanol–water partition coefficient (Wildman–Crippen LogP) is 4.51. The summed E-state index contributed by atoms with van der Waals surface area (Å²) in [6.45, 7) is 2.50. The van der Waals surface area contributed by atoms with Crippen LogP contribution in [0.2, 0.25) is 0 Å². The summed E-state index contributed by atoms with van der Waals surface area (Å²) in [6.07, 6.45) is 7.95.